The molecule has 2 heterocycles. The molecule has 1 unspecified atom stereocenters. The van der Waals surface area contributed by atoms with Gasteiger partial charge in [-0.2, -0.15) is 15.5 Å². The second-order valence-electron chi connectivity index (χ2n) is 5.29. The summed E-state index contributed by atoms with van der Waals surface area (Å²) in [4.78, 5) is 8.49. The van der Waals surface area contributed by atoms with Crippen LogP contribution in [-0.2, 0) is 4.74 Å². The van der Waals surface area contributed by atoms with E-state index in [0.29, 0.717) is 5.70 Å². The number of hydrogen-bond donors (Lipinski definition) is 0. The number of rotatable bonds is 0. The van der Waals surface area contributed by atoms with Gasteiger partial charge in [0.05, 0.1) is 18.7 Å². The van der Waals surface area contributed by atoms with Gasteiger partial charge in [-0.15, -0.1) is 0 Å². The monoisotopic (exact) mass is 313 g/mol. The summed E-state index contributed by atoms with van der Waals surface area (Å²) in [5, 5.41) is 19.3. The molecule has 1 aliphatic carbocycles. The lowest BCUT2D eigenvalue weighted by Crippen LogP contribution is -2.33. The van der Waals surface area contributed by atoms with Crippen LogP contribution in [-0.4, -0.2) is 18.0 Å². The van der Waals surface area contributed by atoms with Crippen LogP contribution in [0.2, 0.25) is 0 Å². The van der Waals surface area contributed by atoms with Gasteiger partial charge >= 0.3 is 0 Å². The van der Waals surface area contributed by atoms with Crippen LogP contribution in [0, 0.1) is 11.3 Å². The standard InChI is InChI=1S/C18H11N5O/c19-12-18-7-15-9-20-5-6-24-11-14-4-2-1-3-13(14)8-21-10-16(17(15)18)22-23-18/h1-11H. The minimum atomic E-state index is -0.994. The molecule has 2 aliphatic heterocycles. The quantitative estimate of drug-likeness (QED) is 0.731. The predicted octanol–water partition coefficient (Wildman–Crippen LogP) is 1.73. The average Bonchev–Trinajstić information content (AvgIpc) is 2.87. The van der Waals surface area contributed by atoms with E-state index in [-0.39, 0.29) is 0 Å². The Balaban J connectivity index is 1.86. The van der Waals surface area contributed by atoms with Gasteiger partial charge in [0, 0.05) is 34.0 Å². The van der Waals surface area contributed by atoms with Crippen LogP contribution in [0.15, 0.2) is 79.9 Å². The molecule has 4 rings (SSSR count). The van der Waals surface area contributed by atoms with Crippen LogP contribution in [0.4, 0.5) is 0 Å². The van der Waals surface area contributed by atoms with E-state index in [4.69, 9.17) is 4.74 Å². The molecule has 1 aromatic carbocycles. The fourth-order valence-corrected chi connectivity index (χ4v) is 2.65. The van der Waals surface area contributed by atoms with Crippen molar-refractivity contribution in [1.82, 2.24) is 0 Å². The van der Waals surface area contributed by atoms with Crippen molar-refractivity contribution in [3.05, 3.63) is 70.1 Å². The van der Waals surface area contributed by atoms with Crippen LogP contribution in [0.3, 0.4) is 0 Å². The largest absolute Gasteiger partial charge is 0.470 e. The van der Waals surface area contributed by atoms with Gasteiger partial charge < -0.3 is 4.74 Å². The third kappa shape index (κ3) is 2.20. The average molecular weight is 313 g/mol. The smallest absolute Gasteiger partial charge is 0.214 e. The highest BCUT2D eigenvalue weighted by molar-refractivity contribution is 5.98. The number of ether oxygens (including phenoxy) is 1. The fraction of sp³-hybridized carbons (Fsp3) is 0.0556. The lowest BCUT2D eigenvalue weighted by molar-refractivity contribution is 0.458. The summed E-state index contributed by atoms with van der Waals surface area (Å²) >= 11 is 0. The Labute approximate surface area is 137 Å². The highest BCUT2D eigenvalue weighted by atomic mass is 16.5. The van der Waals surface area contributed by atoms with E-state index in [1.54, 1.807) is 37.2 Å². The normalized spacial score (nSPS) is 23.5. The molecular formula is C18H11N5O. The number of fused-ring (bicyclic) bond motifs is 1. The van der Waals surface area contributed by atoms with Gasteiger partial charge in [-0.05, 0) is 6.08 Å². The molecule has 0 aromatic heterocycles. The van der Waals surface area contributed by atoms with E-state index in [2.05, 4.69) is 26.3 Å². The van der Waals surface area contributed by atoms with Crippen molar-refractivity contribution in [3.8, 4) is 6.07 Å². The summed E-state index contributed by atoms with van der Waals surface area (Å²) in [6.45, 7) is 0. The van der Waals surface area contributed by atoms with Crippen molar-refractivity contribution >= 4 is 24.9 Å². The second kappa shape index (κ2) is 5.56. The molecule has 0 N–H and O–H groups in total. The third-order valence-electron chi connectivity index (χ3n) is 3.82. The highest BCUT2D eigenvalue weighted by Crippen LogP contribution is 2.45. The number of benzene rings is 1. The number of aliphatic imine (C=N–C) groups is 2. The summed E-state index contributed by atoms with van der Waals surface area (Å²) in [5.41, 5.74) is 1.13. The Morgan fingerprint density at radius 2 is 1.96 bits per heavy atom. The highest BCUT2D eigenvalue weighted by Gasteiger charge is 2.48. The zero-order valence-electron chi connectivity index (χ0n) is 12.5. The topological polar surface area (TPSA) is 82.5 Å². The Morgan fingerprint density at radius 3 is 2.83 bits per heavy atom. The Hall–Kier alpha value is -3.59. The minimum absolute atomic E-state index is 0.579. The van der Waals surface area contributed by atoms with Crippen LogP contribution in [0.25, 0.3) is 12.5 Å². The Bertz CT molecular complexity index is 1050. The first kappa shape index (κ1) is 14.0. The number of hydrogen-bond acceptors (Lipinski definition) is 6. The summed E-state index contributed by atoms with van der Waals surface area (Å²) in [7, 11) is 0. The third-order valence-corrected chi connectivity index (χ3v) is 3.82. The van der Waals surface area contributed by atoms with Crippen LogP contribution < -0.4 is 10.4 Å². The molecule has 0 spiro atoms. The predicted molar refractivity (Wildman–Crippen MR) is 90.1 cm³/mol. The second-order valence-corrected chi connectivity index (χ2v) is 5.29. The Morgan fingerprint density at radius 1 is 1.08 bits per heavy atom. The molecule has 1 atom stereocenters. The van der Waals surface area contributed by atoms with Gasteiger partial charge in [0.1, 0.15) is 18.0 Å². The van der Waals surface area contributed by atoms with Crippen LogP contribution in [0.5, 0.6) is 0 Å². The van der Waals surface area contributed by atoms with Gasteiger partial charge in [-0.1, -0.05) is 24.3 Å². The van der Waals surface area contributed by atoms with Gasteiger partial charge in [-0.3, -0.25) is 9.98 Å². The molecule has 6 nitrogen and oxygen atoms in total. The summed E-state index contributed by atoms with van der Waals surface area (Å²) in [6, 6.07) is 9.88. The maximum atomic E-state index is 9.39. The first-order valence-corrected chi connectivity index (χ1v) is 7.27. The molecule has 1 aromatic rings. The van der Waals surface area contributed by atoms with E-state index in [1.807, 2.05) is 24.3 Å². The van der Waals surface area contributed by atoms with Crippen LogP contribution >= 0.6 is 0 Å². The molecule has 24 heavy (non-hydrogen) atoms. The maximum Gasteiger partial charge on any atom is 0.214 e. The van der Waals surface area contributed by atoms with Crippen molar-refractivity contribution in [1.29, 1.82) is 5.26 Å². The molecule has 0 radical (unpaired) electrons. The number of nitrogens with zero attached hydrogens (tertiary/aromatic N) is 5. The van der Waals surface area contributed by atoms with Crippen molar-refractivity contribution < 1.29 is 4.74 Å². The lowest BCUT2D eigenvalue weighted by Gasteiger charge is -2.27. The van der Waals surface area contributed by atoms with Crippen molar-refractivity contribution in [2.75, 3.05) is 0 Å². The Kier molecular flexibility index (Phi) is 3.25. The van der Waals surface area contributed by atoms with Crippen LogP contribution in [0.1, 0.15) is 0 Å². The molecule has 6 heteroatoms. The van der Waals surface area contributed by atoms with Gasteiger partial charge in [-0.25, -0.2) is 0 Å². The summed E-state index contributed by atoms with van der Waals surface area (Å²) < 4.78 is 5.37. The SMILES string of the molecule is N#CC12C=C3C=NC=COC=c4ccccc4=CN=CC(=C31)N=N2. The van der Waals surface area contributed by atoms with Crippen molar-refractivity contribution in [2.45, 2.75) is 5.54 Å². The van der Waals surface area contributed by atoms with Gasteiger partial charge in [0.2, 0.25) is 5.54 Å². The number of nitriles is 1. The maximum absolute atomic E-state index is 9.39. The van der Waals surface area contributed by atoms with E-state index in [9.17, 15) is 5.26 Å². The zero-order chi connectivity index (χ0) is 16.4. The molecular weight excluding hydrogens is 302 g/mol. The van der Waals surface area contributed by atoms with E-state index in [1.165, 1.54) is 6.26 Å². The van der Waals surface area contributed by atoms with E-state index in [0.717, 1.165) is 21.6 Å². The minimum Gasteiger partial charge on any atom is -0.470 e. The van der Waals surface area contributed by atoms with Crippen molar-refractivity contribution in [2.24, 2.45) is 20.2 Å². The van der Waals surface area contributed by atoms with Crippen molar-refractivity contribution in [3.63, 3.8) is 0 Å². The van der Waals surface area contributed by atoms with Gasteiger partial charge in [0.15, 0.2) is 0 Å². The molecule has 114 valence electrons. The van der Waals surface area contributed by atoms with E-state index >= 15 is 0 Å². The molecule has 0 saturated carbocycles. The molecule has 0 saturated heterocycles. The summed E-state index contributed by atoms with van der Waals surface area (Å²) in [6.07, 6.45) is 11.4. The first-order chi connectivity index (χ1) is 11.8. The van der Waals surface area contributed by atoms with Gasteiger partial charge in [0.25, 0.3) is 0 Å². The number of azo groups is 1. The molecule has 0 bridgehead atoms. The lowest BCUT2D eigenvalue weighted by atomic mass is 9.75. The zero-order valence-corrected chi connectivity index (χ0v) is 12.5. The molecule has 0 amide bonds. The molecule has 0 fully saturated rings. The molecule has 3 aliphatic rings. The van der Waals surface area contributed by atoms with E-state index < -0.39 is 5.54 Å². The first-order valence-electron chi connectivity index (χ1n) is 7.27. The fourth-order valence-electron chi connectivity index (χ4n) is 2.65. The summed E-state index contributed by atoms with van der Waals surface area (Å²) in [5.74, 6) is 0. The number of allylic oxidation sites excluding steroid dienone is 1.